The Balaban J connectivity index is 1.74. The molecule has 0 fully saturated rings. The summed E-state index contributed by atoms with van der Waals surface area (Å²) in [5.41, 5.74) is 3.75. The minimum Gasteiger partial charge on any atom is -0.497 e. The van der Waals surface area contributed by atoms with E-state index in [1.165, 1.54) is 6.08 Å². The van der Waals surface area contributed by atoms with Gasteiger partial charge >= 0.3 is 0 Å². The van der Waals surface area contributed by atoms with Crippen molar-refractivity contribution in [3.8, 4) is 5.75 Å². The molecule has 0 aliphatic rings. The zero-order chi connectivity index (χ0) is 20.6. The number of ether oxygens (including phenoxy) is 1. The number of aromatic nitrogens is 2. The summed E-state index contributed by atoms with van der Waals surface area (Å²) < 4.78 is 5.25. The van der Waals surface area contributed by atoms with Crippen LogP contribution in [0.1, 0.15) is 17.5 Å². The van der Waals surface area contributed by atoms with Crippen LogP contribution in [0.25, 0.3) is 0 Å². The molecule has 6 heteroatoms. The molecule has 0 atom stereocenters. The summed E-state index contributed by atoms with van der Waals surface area (Å²) in [4.78, 5) is 20.4. The summed E-state index contributed by atoms with van der Waals surface area (Å²) in [6.07, 6.45) is 4.26. The lowest BCUT2D eigenvalue weighted by Gasteiger charge is -2.12. The lowest BCUT2D eigenvalue weighted by Crippen LogP contribution is -2.03. The van der Waals surface area contributed by atoms with Gasteiger partial charge in [-0.25, -0.2) is 4.98 Å². The summed E-state index contributed by atoms with van der Waals surface area (Å²) in [7, 11) is 1.63. The van der Waals surface area contributed by atoms with E-state index in [-0.39, 0.29) is 5.78 Å². The van der Waals surface area contributed by atoms with Gasteiger partial charge in [-0.1, -0.05) is 24.8 Å². The first-order valence-corrected chi connectivity index (χ1v) is 9.33. The predicted octanol–water partition coefficient (Wildman–Crippen LogP) is 4.97. The topological polar surface area (TPSA) is 76.1 Å². The van der Waals surface area contributed by atoms with E-state index in [0.717, 1.165) is 28.3 Å². The lowest BCUT2D eigenvalue weighted by molar-refractivity contribution is -0.114. The van der Waals surface area contributed by atoms with Gasteiger partial charge in [-0.2, -0.15) is 4.98 Å². The number of carbonyl (C=O) groups is 1. The molecular weight excluding hydrogens is 364 g/mol. The Hall–Kier alpha value is -3.67. The molecule has 0 unspecified atom stereocenters. The Labute approximate surface area is 170 Å². The van der Waals surface area contributed by atoms with Crippen molar-refractivity contribution in [1.82, 2.24) is 9.97 Å². The van der Waals surface area contributed by atoms with Crippen LogP contribution in [-0.4, -0.2) is 22.9 Å². The minimum atomic E-state index is 0.0447. The smallest absolute Gasteiger partial charge is 0.229 e. The number of nitrogens with zero attached hydrogens (tertiary/aromatic N) is 2. The van der Waals surface area contributed by atoms with E-state index in [9.17, 15) is 4.79 Å². The highest BCUT2D eigenvalue weighted by atomic mass is 16.5. The zero-order valence-corrected chi connectivity index (χ0v) is 16.6. The molecular formula is C23H24N4O2. The number of benzene rings is 2. The number of rotatable bonds is 9. The second-order valence-electron chi connectivity index (χ2n) is 6.58. The van der Waals surface area contributed by atoms with Crippen molar-refractivity contribution in [2.24, 2.45) is 0 Å². The van der Waals surface area contributed by atoms with Crippen molar-refractivity contribution >= 4 is 28.9 Å². The molecule has 2 aromatic carbocycles. The second-order valence-corrected chi connectivity index (χ2v) is 6.58. The van der Waals surface area contributed by atoms with Crippen molar-refractivity contribution in [1.29, 1.82) is 0 Å². The molecule has 3 aromatic rings. The third-order valence-corrected chi connectivity index (χ3v) is 4.38. The quantitative estimate of drug-likeness (QED) is 0.504. The highest BCUT2D eigenvalue weighted by molar-refractivity contribution is 5.89. The Kier molecular flexibility index (Phi) is 6.58. The van der Waals surface area contributed by atoms with Crippen molar-refractivity contribution in [3.63, 3.8) is 0 Å². The first-order chi connectivity index (χ1) is 14.1. The highest BCUT2D eigenvalue weighted by Gasteiger charge is 2.07. The Bertz CT molecular complexity index is 1020. The van der Waals surface area contributed by atoms with Crippen LogP contribution >= 0.6 is 0 Å². The summed E-state index contributed by atoms with van der Waals surface area (Å²) in [5.74, 6) is 2.00. The van der Waals surface area contributed by atoms with Crippen LogP contribution in [0.5, 0.6) is 5.75 Å². The largest absolute Gasteiger partial charge is 0.497 e. The predicted molar refractivity (Wildman–Crippen MR) is 116 cm³/mol. The summed E-state index contributed by atoms with van der Waals surface area (Å²) in [6, 6.07) is 15.5. The normalized spacial score (nSPS) is 10.3. The first-order valence-electron chi connectivity index (χ1n) is 9.33. The van der Waals surface area contributed by atoms with Crippen LogP contribution in [0.15, 0.2) is 67.4 Å². The third-order valence-electron chi connectivity index (χ3n) is 4.38. The number of carbonyl (C=O) groups excluding carboxylic acids is 1. The Morgan fingerprint density at radius 2 is 1.90 bits per heavy atom. The first kappa shape index (κ1) is 20.1. The van der Waals surface area contributed by atoms with Gasteiger partial charge in [0.1, 0.15) is 11.6 Å². The molecule has 3 rings (SSSR count). The van der Waals surface area contributed by atoms with Gasteiger partial charge in [-0.05, 0) is 49.2 Å². The number of aryl methyl sites for hydroxylation is 2. The maximum absolute atomic E-state index is 11.5. The summed E-state index contributed by atoms with van der Waals surface area (Å²) >= 11 is 0. The molecule has 29 heavy (non-hydrogen) atoms. The van der Waals surface area contributed by atoms with E-state index in [0.29, 0.717) is 24.6 Å². The number of hydrogen-bond acceptors (Lipinski definition) is 6. The molecule has 0 aliphatic carbocycles. The molecule has 0 bridgehead atoms. The van der Waals surface area contributed by atoms with Gasteiger partial charge in [0.15, 0.2) is 5.78 Å². The molecule has 0 amide bonds. The molecule has 148 valence electrons. The second kappa shape index (κ2) is 9.50. The van der Waals surface area contributed by atoms with Crippen LogP contribution < -0.4 is 15.4 Å². The third kappa shape index (κ3) is 5.65. The van der Waals surface area contributed by atoms with E-state index in [1.807, 2.05) is 55.5 Å². The van der Waals surface area contributed by atoms with Crippen LogP contribution in [0, 0.1) is 6.92 Å². The molecule has 6 nitrogen and oxygen atoms in total. The molecule has 2 N–H and O–H groups in total. The number of nitrogens with one attached hydrogen (secondary N) is 2. The van der Waals surface area contributed by atoms with Gasteiger partial charge in [-0.3, -0.25) is 4.79 Å². The molecule has 0 aliphatic heterocycles. The number of anilines is 4. The van der Waals surface area contributed by atoms with Gasteiger partial charge in [0.05, 0.1) is 7.11 Å². The molecule has 0 saturated heterocycles. The fourth-order valence-electron chi connectivity index (χ4n) is 2.77. The monoisotopic (exact) mass is 388 g/mol. The van der Waals surface area contributed by atoms with Crippen molar-refractivity contribution < 1.29 is 9.53 Å². The van der Waals surface area contributed by atoms with Crippen LogP contribution in [0.2, 0.25) is 0 Å². The standard InChI is InChI=1S/C23H24N4O2/c1-4-20(28)12-11-17-7-5-8-18(13-17)25-22-16(2)15-24-23(27-22)26-19-9-6-10-21(14-19)29-3/h4-10,13-15H,1,11-12H2,2-3H3,(H2,24,25,26,27). The fourth-order valence-corrected chi connectivity index (χ4v) is 2.77. The van der Waals surface area contributed by atoms with Crippen molar-refractivity contribution in [3.05, 3.63) is 78.5 Å². The van der Waals surface area contributed by atoms with Crippen LogP contribution in [0.4, 0.5) is 23.1 Å². The number of ketones is 1. The van der Waals surface area contributed by atoms with Crippen LogP contribution in [0.3, 0.4) is 0 Å². The van der Waals surface area contributed by atoms with Gasteiger partial charge in [0.25, 0.3) is 0 Å². The molecule has 0 radical (unpaired) electrons. The summed E-state index contributed by atoms with van der Waals surface area (Å²) in [5, 5.41) is 6.54. The van der Waals surface area contributed by atoms with E-state index < -0.39 is 0 Å². The molecule has 0 spiro atoms. The van der Waals surface area contributed by atoms with Gasteiger partial charge < -0.3 is 15.4 Å². The SMILES string of the molecule is C=CC(=O)CCc1cccc(Nc2nc(Nc3cccc(OC)c3)ncc2C)c1. The minimum absolute atomic E-state index is 0.0447. The summed E-state index contributed by atoms with van der Waals surface area (Å²) in [6.45, 7) is 5.46. The van der Waals surface area contributed by atoms with E-state index in [4.69, 9.17) is 4.74 Å². The number of hydrogen-bond donors (Lipinski definition) is 2. The zero-order valence-electron chi connectivity index (χ0n) is 16.6. The number of allylic oxidation sites excluding steroid dienone is 1. The van der Waals surface area contributed by atoms with E-state index in [1.54, 1.807) is 13.3 Å². The van der Waals surface area contributed by atoms with E-state index in [2.05, 4.69) is 27.2 Å². The van der Waals surface area contributed by atoms with Crippen molar-refractivity contribution in [2.75, 3.05) is 17.7 Å². The molecule has 1 heterocycles. The van der Waals surface area contributed by atoms with E-state index >= 15 is 0 Å². The average molecular weight is 388 g/mol. The Morgan fingerprint density at radius 1 is 1.14 bits per heavy atom. The highest BCUT2D eigenvalue weighted by Crippen LogP contribution is 2.23. The van der Waals surface area contributed by atoms with Crippen molar-refractivity contribution in [2.45, 2.75) is 19.8 Å². The Morgan fingerprint density at radius 3 is 2.66 bits per heavy atom. The van der Waals surface area contributed by atoms with Gasteiger partial charge in [-0.15, -0.1) is 0 Å². The van der Waals surface area contributed by atoms with Crippen LogP contribution in [-0.2, 0) is 11.2 Å². The fraction of sp³-hybridized carbons (Fsp3) is 0.174. The average Bonchev–Trinajstić information content (AvgIpc) is 2.75. The molecule has 1 aromatic heterocycles. The molecule has 0 saturated carbocycles. The lowest BCUT2D eigenvalue weighted by atomic mass is 10.1. The maximum atomic E-state index is 11.5. The van der Waals surface area contributed by atoms with Gasteiger partial charge in [0.2, 0.25) is 5.95 Å². The van der Waals surface area contributed by atoms with Gasteiger partial charge in [0, 0.05) is 35.6 Å². The number of methoxy groups -OCH3 is 1. The maximum Gasteiger partial charge on any atom is 0.229 e.